The zero-order chi connectivity index (χ0) is 25.1. The zero-order valence-corrected chi connectivity index (χ0v) is 20.9. The maximum absolute atomic E-state index is 13.2. The van der Waals surface area contributed by atoms with Gasteiger partial charge in [0.2, 0.25) is 0 Å². The Bertz CT molecular complexity index is 1080. The lowest BCUT2D eigenvalue weighted by Crippen LogP contribution is -2.36. The van der Waals surface area contributed by atoms with Gasteiger partial charge < -0.3 is 24.4 Å². The first kappa shape index (κ1) is 24.8. The Morgan fingerprint density at radius 3 is 2.37 bits per heavy atom. The quantitative estimate of drug-likeness (QED) is 0.344. The van der Waals surface area contributed by atoms with Gasteiger partial charge in [-0.2, -0.15) is 0 Å². The molecule has 2 aliphatic heterocycles. The Morgan fingerprint density at radius 2 is 1.80 bits per heavy atom. The summed E-state index contributed by atoms with van der Waals surface area (Å²) in [4.78, 5) is 29.9. The van der Waals surface area contributed by atoms with E-state index in [-0.39, 0.29) is 17.4 Å². The van der Waals surface area contributed by atoms with Gasteiger partial charge in [0.25, 0.3) is 11.7 Å². The highest BCUT2D eigenvalue weighted by atomic mass is 16.5. The van der Waals surface area contributed by atoms with Crippen molar-refractivity contribution in [3.63, 3.8) is 0 Å². The van der Waals surface area contributed by atoms with Crippen molar-refractivity contribution in [1.82, 2.24) is 4.90 Å². The van der Waals surface area contributed by atoms with Crippen LogP contribution in [0.5, 0.6) is 5.75 Å². The van der Waals surface area contributed by atoms with Crippen LogP contribution in [0.15, 0.2) is 54.1 Å². The third kappa shape index (κ3) is 5.35. The van der Waals surface area contributed by atoms with Crippen molar-refractivity contribution in [1.29, 1.82) is 0 Å². The van der Waals surface area contributed by atoms with Crippen LogP contribution >= 0.6 is 0 Å². The lowest BCUT2D eigenvalue weighted by molar-refractivity contribution is -0.140. The molecule has 0 saturated carbocycles. The van der Waals surface area contributed by atoms with E-state index in [4.69, 9.17) is 9.47 Å². The van der Waals surface area contributed by atoms with Gasteiger partial charge in [-0.25, -0.2) is 0 Å². The SMILES string of the molecule is CC(C)COc1ccc(/C(O)=C2/C(=O)C(=O)N(CC3CCCO3)C2c2ccc(N(C)C)cc2)cc1. The van der Waals surface area contributed by atoms with Crippen molar-refractivity contribution in [3.05, 3.63) is 65.2 Å². The zero-order valence-electron chi connectivity index (χ0n) is 20.9. The molecule has 2 atom stereocenters. The topological polar surface area (TPSA) is 79.3 Å². The number of ether oxygens (including phenoxy) is 2. The molecule has 2 aliphatic rings. The number of rotatable bonds is 8. The molecule has 4 rings (SSSR count). The highest BCUT2D eigenvalue weighted by molar-refractivity contribution is 6.46. The second kappa shape index (κ2) is 10.5. The highest BCUT2D eigenvalue weighted by Gasteiger charge is 2.47. The van der Waals surface area contributed by atoms with E-state index >= 15 is 0 Å². The van der Waals surface area contributed by atoms with Crippen LogP contribution in [0.4, 0.5) is 5.69 Å². The molecular formula is C28H34N2O5. The van der Waals surface area contributed by atoms with E-state index < -0.39 is 17.7 Å². The van der Waals surface area contributed by atoms with Crippen molar-refractivity contribution in [2.45, 2.75) is 38.8 Å². The fourth-order valence-electron chi connectivity index (χ4n) is 4.50. The van der Waals surface area contributed by atoms with Crippen LogP contribution in [0.1, 0.15) is 43.9 Å². The minimum absolute atomic E-state index is 0.0986. The molecule has 0 aromatic heterocycles. The van der Waals surface area contributed by atoms with Crippen LogP contribution in [0.2, 0.25) is 0 Å². The molecular weight excluding hydrogens is 444 g/mol. The van der Waals surface area contributed by atoms with Gasteiger partial charge in [0.1, 0.15) is 11.5 Å². The van der Waals surface area contributed by atoms with Crippen molar-refractivity contribution < 1.29 is 24.2 Å². The number of amides is 1. The summed E-state index contributed by atoms with van der Waals surface area (Å²) in [5.74, 6) is -0.398. The van der Waals surface area contributed by atoms with Gasteiger partial charge in [-0.15, -0.1) is 0 Å². The van der Waals surface area contributed by atoms with Crippen molar-refractivity contribution in [2.24, 2.45) is 5.92 Å². The monoisotopic (exact) mass is 478 g/mol. The van der Waals surface area contributed by atoms with Crippen LogP contribution in [0.3, 0.4) is 0 Å². The minimum Gasteiger partial charge on any atom is -0.507 e. The molecule has 7 heteroatoms. The molecule has 0 aliphatic carbocycles. The van der Waals surface area contributed by atoms with Crippen molar-refractivity contribution in [3.8, 4) is 5.75 Å². The summed E-state index contributed by atoms with van der Waals surface area (Å²) in [5.41, 5.74) is 2.33. The third-order valence-electron chi connectivity index (χ3n) is 6.40. The number of hydrogen-bond donors (Lipinski definition) is 1. The van der Waals surface area contributed by atoms with Gasteiger partial charge in [0.15, 0.2) is 0 Å². The number of Topliss-reactive ketones (excluding diaryl/α,β-unsaturated/α-hetero) is 1. The molecule has 2 fully saturated rings. The number of hydrogen-bond acceptors (Lipinski definition) is 6. The number of carbonyl (C=O) groups excluding carboxylic acids is 2. The van der Waals surface area contributed by atoms with Crippen LogP contribution < -0.4 is 9.64 Å². The molecule has 2 aromatic carbocycles. The Labute approximate surface area is 206 Å². The average Bonchev–Trinajstić information content (AvgIpc) is 3.45. The number of anilines is 1. The Balaban J connectivity index is 1.72. The van der Waals surface area contributed by atoms with E-state index in [2.05, 4.69) is 13.8 Å². The second-order valence-electron chi connectivity index (χ2n) is 9.80. The van der Waals surface area contributed by atoms with Gasteiger partial charge in [-0.05, 0) is 60.7 Å². The van der Waals surface area contributed by atoms with E-state index in [0.29, 0.717) is 37.0 Å². The fourth-order valence-corrected chi connectivity index (χ4v) is 4.50. The van der Waals surface area contributed by atoms with Crippen LogP contribution in [-0.4, -0.2) is 61.7 Å². The van der Waals surface area contributed by atoms with E-state index in [1.165, 1.54) is 0 Å². The first-order valence-corrected chi connectivity index (χ1v) is 12.2. The summed E-state index contributed by atoms with van der Waals surface area (Å²) in [6, 6.07) is 14.0. The summed E-state index contributed by atoms with van der Waals surface area (Å²) < 4.78 is 11.5. The number of aliphatic hydroxyl groups is 1. The van der Waals surface area contributed by atoms with E-state index in [1.807, 2.05) is 43.3 Å². The fraction of sp³-hybridized carbons (Fsp3) is 0.429. The largest absolute Gasteiger partial charge is 0.507 e. The number of benzene rings is 2. The Morgan fingerprint density at radius 1 is 1.11 bits per heavy atom. The van der Waals surface area contributed by atoms with E-state index in [1.54, 1.807) is 29.2 Å². The summed E-state index contributed by atoms with van der Waals surface area (Å²) in [5, 5.41) is 11.3. The van der Waals surface area contributed by atoms with Gasteiger partial charge >= 0.3 is 0 Å². The summed E-state index contributed by atoms with van der Waals surface area (Å²) >= 11 is 0. The molecule has 2 saturated heterocycles. The molecule has 7 nitrogen and oxygen atoms in total. The molecule has 0 radical (unpaired) electrons. The number of likely N-dealkylation sites (tertiary alicyclic amines) is 1. The normalized spacial score (nSPS) is 21.7. The van der Waals surface area contributed by atoms with Gasteiger partial charge in [-0.1, -0.05) is 26.0 Å². The van der Waals surface area contributed by atoms with Crippen LogP contribution in [0, 0.1) is 5.92 Å². The highest BCUT2D eigenvalue weighted by Crippen LogP contribution is 2.40. The molecule has 35 heavy (non-hydrogen) atoms. The smallest absolute Gasteiger partial charge is 0.295 e. The number of carbonyl (C=O) groups is 2. The second-order valence-corrected chi connectivity index (χ2v) is 9.80. The van der Waals surface area contributed by atoms with Gasteiger partial charge in [0.05, 0.1) is 24.3 Å². The molecule has 2 unspecified atom stereocenters. The minimum atomic E-state index is -0.688. The molecule has 1 N–H and O–H groups in total. The summed E-state index contributed by atoms with van der Waals surface area (Å²) in [7, 11) is 3.90. The molecule has 186 valence electrons. The molecule has 1 amide bonds. The molecule has 0 bridgehead atoms. The lowest BCUT2D eigenvalue weighted by atomic mass is 9.95. The van der Waals surface area contributed by atoms with Crippen molar-refractivity contribution >= 4 is 23.1 Å². The van der Waals surface area contributed by atoms with E-state index in [9.17, 15) is 14.7 Å². The van der Waals surface area contributed by atoms with Crippen LogP contribution in [0.25, 0.3) is 5.76 Å². The van der Waals surface area contributed by atoms with Crippen molar-refractivity contribution in [2.75, 3.05) is 38.8 Å². The maximum Gasteiger partial charge on any atom is 0.295 e. The number of aliphatic hydroxyl groups excluding tert-OH is 1. The number of ketones is 1. The van der Waals surface area contributed by atoms with Gasteiger partial charge in [-0.3, -0.25) is 9.59 Å². The molecule has 0 spiro atoms. The predicted molar refractivity (Wildman–Crippen MR) is 136 cm³/mol. The van der Waals surface area contributed by atoms with E-state index in [0.717, 1.165) is 24.1 Å². The lowest BCUT2D eigenvalue weighted by Gasteiger charge is -2.28. The average molecular weight is 479 g/mol. The standard InChI is InChI=1S/C28H34N2O5/c1-18(2)17-35-22-13-9-20(10-14-22)26(31)24-25(19-7-11-21(12-8-19)29(3)4)30(28(33)27(24)32)16-23-6-5-15-34-23/h7-14,18,23,25,31H,5-6,15-17H2,1-4H3/b26-24-. The number of nitrogens with zero attached hydrogens (tertiary/aromatic N) is 2. The predicted octanol–water partition coefficient (Wildman–Crippen LogP) is 4.39. The summed E-state index contributed by atoms with van der Waals surface area (Å²) in [6.07, 6.45) is 1.66. The Hall–Kier alpha value is -3.32. The first-order chi connectivity index (χ1) is 16.8. The van der Waals surface area contributed by atoms with Gasteiger partial charge in [0, 0.05) is 38.5 Å². The molecule has 2 heterocycles. The van der Waals surface area contributed by atoms with Crippen LogP contribution in [-0.2, 0) is 14.3 Å². The maximum atomic E-state index is 13.2. The first-order valence-electron chi connectivity index (χ1n) is 12.2. The summed E-state index contributed by atoms with van der Waals surface area (Å²) in [6.45, 7) is 5.69. The molecule has 2 aromatic rings. The Kier molecular flexibility index (Phi) is 7.45. The third-order valence-corrected chi connectivity index (χ3v) is 6.40.